The average Bonchev–Trinajstić information content (AvgIpc) is 3.15. The number of thiophene rings is 1. The van der Waals surface area contributed by atoms with Crippen molar-refractivity contribution in [3.8, 4) is 0 Å². The molecule has 166 valence electrons. The van der Waals surface area contributed by atoms with E-state index >= 15 is 0 Å². The number of fused-ring (bicyclic) bond motifs is 1. The van der Waals surface area contributed by atoms with Crippen LogP contribution in [0.5, 0.6) is 0 Å². The first-order chi connectivity index (χ1) is 14.8. The first-order valence-electron chi connectivity index (χ1n) is 9.70. The summed E-state index contributed by atoms with van der Waals surface area (Å²) in [5, 5.41) is 0. The van der Waals surface area contributed by atoms with Crippen LogP contribution in [0.2, 0.25) is 4.34 Å². The van der Waals surface area contributed by atoms with Gasteiger partial charge in [0, 0.05) is 50.3 Å². The van der Waals surface area contributed by atoms with E-state index < -0.39 is 16.0 Å². The zero-order valence-electron chi connectivity index (χ0n) is 16.6. The summed E-state index contributed by atoms with van der Waals surface area (Å²) in [5.41, 5.74) is 0.241. The van der Waals surface area contributed by atoms with Gasteiger partial charge in [0.1, 0.15) is 5.84 Å². The lowest BCUT2D eigenvalue weighted by Gasteiger charge is -2.34. The van der Waals surface area contributed by atoms with Crippen molar-refractivity contribution < 1.29 is 22.7 Å². The fraction of sp³-hybridized carbons (Fsp3) is 0.421. The van der Waals surface area contributed by atoms with E-state index in [-0.39, 0.29) is 36.2 Å². The van der Waals surface area contributed by atoms with E-state index in [4.69, 9.17) is 16.3 Å². The second-order valence-electron chi connectivity index (χ2n) is 7.29. The van der Waals surface area contributed by atoms with Crippen molar-refractivity contribution in [2.24, 2.45) is 4.40 Å². The summed E-state index contributed by atoms with van der Waals surface area (Å²) in [7, 11) is -3.45. The molecule has 1 amide bonds. The van der Waals surface area contributed by atoms with Crippen LogP contribution in [0, 0.1) is 0 Å². The van der Waals surface area contributed by atoms with Crippen LogP contribution >= 0.6 is 22.9 Å². The lowest BCUT2D eigenvalue weighted by molar-refractivity contribution is -0.149. The molecule has 0 aliphatic carbocycles. The number of sulfonamides is 1. The predicted octanol–water partition coefficient (Wildman–Crippen LogP) is 1.09. The van der Waals surface area contributed by atoms with E-state index in [0.29, 0.717) is 13.1 Å². The van der Waals surface area contributed by atoms with Crippen molar-refractivity contribution in [2.75, 3.05) is 45.1 Å². The molecule has 0 unspecified atom stereocenters. The minimum atomic E-state index is -3.45. The Bertz CT molecular complexity index is 1070. The highest BCUT2D eigenvalue weighted by Gasteiger charge is 2.26. The maximum atomic E-state index is 12.4. The van der Waals surface area contributed by atoms with Gasteiger partial charge in [-0.1, -0.05) is 11.6 Å². The molecule has 0 atom stereocenters. The van der Waals surface area contributed by atoms with Crippen LogP contribution in [-0.2, 0) is 30.9 Å². The van der Waals surface area contributed by atoms with Crippen molar-refractivity contribution >= 4 is 50.7 Å². The molecule has 0 spiro atoms. The second-order valence-corrected chi connectivity index (χ2v) is 10.8. The number of nitrogens with zero attached hydrogens (tertiary/aromatic N) is 4. The first kappa shape index (κ1) is 22.0. The van der Waals surface area contributed by atoms with Gasteiger partial charge >= 0.3 is 5.97 Å². The van der Waals surface area contributed by atoms with Crippen LogP contribution in [0.15, 0.2) is 40.5 Å². The topological polar surface area (TPSA) is 99.6 Å². The predicted molar refractivity (Wildman–Crippen MR) is 117 cm³/mol. The van der Waals surface area contributed by atoms with E-state index in [1.54, 1.807) is 21.1 Å². The van der Waals surface area contributed by atoms with Gasteiger partial charge in [-0.3, -0.25) is 9.69 Å². The molecule has 0 aromatic carbocycles. The van der Waals surface area contributed by atoms with Crippen LogP contribution in [0.4, 0.5) is 0 Å². The third kappa shape index (κ3) is 5.53. The maximum Gasteiger partial charge on any atom is 0.340 e. The molecule has 9 nitrogen and oxygen atoms in total. The smallest absolute Gasteiger partial charge is 0.340 e. The number of hydrogen-bond acceptors (Lipinski definition) is 8. The quantitative estimate of drug-likeness (QED) is 0.577. The van der Waals surface area contributed by atoms with Crippen LogP contribution < -0.4 is 0 Å². The van der Waals surface area contributed by atoms with E-state index in [9.17, 15) is 18.0 Å². The van der Waals surface area contributed by atoms with E-state index in [2.05, 4.69) is 9.30 Å². The molecule has 4 rings (SSSR count). The van der Waals surface area contributed by atoms with Crippen molar-refractivity contribution in [1.82, 2.24) is 14.7 Å². The largest absolute Gasteiger partial charge is 0.452 e. The molecule has 12 heteroatoms. The van der Waals surface area contributed by atoms with Gasteiger partial charge in [0.25, 0.3) is 15.9 Å². The summed E-state index contributed by atoms with van der Waals surface area (Å²) < 4.78 is 32.7. The molecule has 0 saturated carbocycles. The number of amides is 1. The summed E-state index contributed by atoms with van der Waals surface area (Å²) in [6, 6.07) is 3.89. The van der Waals surface area contributed by atoms with Crippen LogP contribution in [0.1, 0.15) is 4.88 Å². The lowest BCUT2D eigenvalue weighted by Crippen LogP contribution is -2.49. The van der Waals surface area contributed by atoms with E-state index in [1.807, 2.05) is 12.1 Å². The average molecular weight is 485 g/mol. The first-order valence-corrected chi connectivity index (χ1v) is 12.5. The minimum absolute atomic E-state index is 0.118. The van der Waals surface area contributed by atoms with Gasteiger partial charge in [0.05, 0.1) is 15.7 Å². The standard InChI is InChI=1S/C19H21ClN4O5S2/c20-16-3-2-15(30-16)12-22-5-7-23(8-6-22)18(25)13-29-19(26)14-1-4-17-21-31(27,28)10-9-24(17)11-14/h1-4,11H,5-10,12-13H2. The van der Waals surface area contributed by atoms with Gasteiger partial charge in [-0.05, 0) is 24.3 Å². The Morgan fingerprint density at radius 1 is 1.13 bits per heavy atom. The summed E-state index contributed by atoms with van der Waals surface area (Å²) >= 11 is 7.52. The Morgan fingerprint density at radius 2 is 1.90 bits per heavy atom. The molecule has 1 fully saturated rings. The Hall–Kier alpha value is -2.21. The van der Waals surface area contributed by atoms with Gasteiger partial charge in [0.15, 0.2) is 6.61 Å². The zero-order valence-corrected chi connectivity index (χ0v) is 19.0. The zero-order chi connectivity index (χ0) is 22.0. The normalized spacial score (nSPS) is 20.7. The monoisotopic (exact) mass is 484 g/mol. The van der Waals surface area contributed by atoms with Gasteiger partial charge in [-0.15, -0.1) is 15.7 Å². The van der Waals surface area contributed by atoms with Gasteiger partial charge in [-0.25, -0.2) is 13.2 Å². The highest BCUT2D eigenvalue weighted by molar-refractivity contribution is 7.90. The molecule has 0 radical (unpaired) electrons. The van der Waals surface area contributed by atoms with E-state index in [0.717, 1.165) is 24.0 Å². The van der Waals surface area contributed by atoms with Gasteiger partial charge in [-0.2, -0.15) is 0 Å². The summed E-state index contributed by atoms with van der Waals surface area (Å²) in [6.07, 6.45) is 4.39. The highest BCUT2D eigenvalue weighted by Crippen LogP contribution is 2.23. The lowest BCUT2D eigenvalue weighted by atomic mass is 10.2. The summed E-state index contributed by atoms with van der Waals surface area (Å²) in [4.78, 5) is 31.5. The number of piperazine rings is 1. The van der Waals surface area contributed by atoms with Crippen molar-refractivity contribution in [3.05, 3.63) is 45.3 Å². The van der Waals surface area contributed by atoms with Crippen molar-refractivity contribution in [3.63, 3.8) is 0 Å². The third-order valence-electron chi connectivity index (χ3n) is 5.12. The number of hydrogen-bond donors (Lipinski definition) is 0. The number of carbonyl (C=O) groups excluding carboxylic acids is 2. The molecule has 3 aliphatic heterocycles. The fourth-order valence-corrected chi connectivity index (χ4v) is 5.54. The molecule has 0 N–H and O–H groups in total. The van der Waals surface area contributed by atoms with Crippen LogP contribution in [-0.4, -0.2) is 85.9 Å². The molecule has 1 aromatic rings. The number of rotatable bonds is 5. The number of ether oxygens (including phenoxy) is 1. The molecular weight excluding hydrogens is 464 g/mol. The molecule has 4 heterocycles. The molecule has 3 aliphatic rings. The summed E-state index contributed by atoms with van der Waals surface area (Å²) in [5.74, 6) is -0.724. The molecule has 1 aromatic heterocycles. The molecule has 0 bridgehead atoms. The minimum Gasteiger partial charge on any atom is -0.452 e. The van der Waals surface area contributed by atoms with Gasteiger partial charge in [0.2, 0.25) is 0 Å². The van der Waals surface area contributed by atoms with Crippen LogP contribution in [0.25, 0.3) is 0 Å². The number of esters is 1. The SMILES string of the molecule is O=C(OCC(=O)N1CCN(Cc2ccc(Cl)s2)CC1)C1=CN2CCS(=O)(=O)N=C2C=C1. The maximum absolute atomic E-state index is 12.4. The fourth-order valence-electron chi connectivity index (χ4n) is 3.44. The van der Waals surface area contributed by atoms with Gasteiger partial charge < -0.3 is 14.5 Å². The van der Waals surface area contributed by atoms with Crippen molar-refractivity contribution in [2.45, 2.75) is 6.54 Å². The Morgan fingerprint density at radius 3 is 2.61 bits per heavy atom. The highest BCUT2D eigenvalue weighted by atomic mass is 35.5. The molecule has 1 saturated heterocycles. The molecule has 31 heavy (non-hydrogen) atoms. The molecular formula is C19H21ClN4O5S2. The number of halogens is 1. The Labute approximate surface area is 189 Å². The number of amidine groups is 1. The summed E-state index contributed by atoms with van der Waals surface area (Å²) in [6.45, 7) is 3.30. The Balaban J connectivity index is 1.24. The third-order valence-corrected chi connectivity index (χ3v) is 7.50. The number of carbonyl (C=O) groups is 2. The van der Waals surface area contributed by atoms with Crippen molar-refractivity contribution in [1.29, 1.82) is 0 Å². The second kappa shape index (κ2) is 9.11. The van der Waals surface area contributed by atoms with E-state index in [1.165, 1.54) is 23.2 Å². The van der Waals surface area contributed by atoms with Crippen LogP contribution in [0.3, 0.4) is 0 Å². The Kier molecular flexibility index (Phi) is 6.47.